The number of hydrogen-bond acceptors (Lipinski definition) is 3. The third-order valence-corrected chi connectivity index (χ3v) is 4.14. The fourth-order valence-electron chi connectivity index (χ4n) is 2.49. The zero-order valence-corrected chi connectivity index (χ0v) is 15.1. The van der Waals surface area contributed by atoms with Crippen molar-refractivity contribution in [3.63, 3.8) is 0 Å². The SMILES string of the molecule is CCNC(=O)[C@@H](C)NC(=O)c1ccccc1Nc1cccc(C)c1C. The largest absolute Gasteiger partial charge is 0.355 e. The number of para-hydroxylation sites is 1. The van der Waals surface area contributed by atoms with Crippen molar-refractivity contribution >= 4 is 23.2 Å². The van der Waals surface area contributed by atoms with Crippen LogP contribution in [-0.2, 0) is 4.79 Å². The molecule has 2 rings (SSSR count). The lowest BCUT2D eigenvalue weighted by atomic mass is 10.1. The van der Waals surface area contributed by atoms with Gasteiger partial charge < -0.3 is 16.0 Å². The number of carbonyl (C=O) groups is 2. The maximum atomic E-state index is 12.6. The first-order valence-corrected chi connectivity index (χ1v) is 8.44. The van der Waals surface area contributed by atoms with Crippen molar-refractivity contribution in [2.45, 2.75) is 33.7 Å². The van der Waals surface area contributed by atoms with E-state index in [4.69, 9.17) is 0 Å². The van der Waals surface area contributed by atoms with Gasteiger partial charge in [0.05, 0.1) is 11.3 Å². The van der Waals surface area contributed by atoms with Gasteiger partial charge in [-0.2, -0.15) is 0 Å². The molecule has 0 aliphatic rings. The molecule has 1 atom stereocenters. The Balaban J connectivity index is 2.21. The second-order valence-electron chi connectivity index (χ2n) is 6.01. The van der Waals surface area contributed by atoms with E-state index in [-0.39, 0.29) is 11.8 Å². The molecule has 0 radical (unpaired) electrons. The van der Waals surface area contributed by atoms with Gasteiger partial charge >= 0.3 is 0 Å². The predicted octanol–water partition coefficient (Wildman–Crippen LogP) is 3.30. The first-order valence-electron chi connectivity index (χ1n) is 8.44. The molecule has 2 aromatic rings. The van der Waals surface area contributed by atoms with Crippen LogP contribution in [0.3, 0.4) is 0 Å². The van der Waals surface area contributed by atoms with Crippen molar-refractivity contribution in [2.24, 2.45) is 0 Å². The van der Waals surface area contributed by atoms with E-state index in [9.17, 15) is 9.59 Å². The molecule has 0 heterocycles. The summed E-state index contributed by atoms with van der Waals surface area (Å²) in [6, 6.07) is 12.7. The summed E-state index contributed by atoms with van der Waals surface area (Å²) in [5.74, 6) is -0.483. The number of amides is 2. The lowest BCUT2D eigenvalue weighted by Gasteiger charge is -2.17. The van der Waals surface area contributed by atoms with Gasteiger partial charge in [-0.05, 0) is 57.0 Å². The van der Waals surface area contributed by atoms with Crippen molar-refractivity contribution in [1.29, 1.82) is 0 Å². The molecule has 0 aliphatic heterocycles. The summed E-state index contributed by atoms with van der Waals surface area (Å²) < 4.78 is 0. The number of hydrogen-bond donors (Lipinski definition) is 3. The lowest BCUT2D eigenvalue weighted by Crippen LogP contribution is -2.44. The van der Waals surface area contributed by atoms with Gasteiger partial charge in [-0.1, -0.05) is 24.3 Å². The molecule has 5 heteroatoms. The molecule has 0 unspecified atom stereocenters. The van der Waals surface area contributed by atoms with Gasteiger partial charge in [-0.25, -0.2) is 0 Å². The number of carbonyl (C=O) groups excluding carboxylic acids is 2. The van der Waals surface area contributed by atoms with Crippen molar-refractivity contribution in [2.75, 3.05) is 11.9 Å². The second-order valence-corrected chi connectivity index (χ2v) is 6.01. The summed E-state index contributed by atoms with van der Waals surface area (Å²) in [6.07, 6.45) is 0. The quantitative estimate of drug-likeness (QED) is 0.756. The van der Waals surface area contributed by atoms with Crippen LogP contribution in [0.1, 0.15) is 35.3 Å². The Labute approximate surface area is 148 Å². The van der Waals surface area contributed by atoms with Crippen molar-refractivity contribution in [3.8, 4) is 0 Å². The average Bonchev–Trinajstić information content (AvgIpc) is 2.59. The fraction of sp³-hybridized carbons (Fsp3) is 0.300. The summed E-state index contributed by atoms with van der Waals surface area (Å²) >= 11 is 0. The number of anilines is 2. The van der Waals surface area contributed by atoms with E-state index in [0.717, 1.165) is 11.3 Å². The molecule has 0 fully saturated rings. The predicted molar refractivity (Wildman–Crippen MR) is 101 cm³/mol. The summed E-state index contributed by atoms with van der Waals surface area (Å²) in [4.78, 5) is 24.4. The monoisotopic (exact) mass is 339 g/mol. The van der Waals surface area contributed by atoms with E-state index in [1.807, 2.05) is 51.1 Å². The second kappa shape index (κ2) is 8.33. The molecule has 0 saturated heterocycles. The Morgan fingerprint density at radius 3 is 2.40 bits per heavy atom. The number of nitrogens with one attached hydrogen (secondary N) is 3. The minimum absolute atomic E-state index is 0.198. The molecule has 0 aliphatic carbocycles. The lowest BCUT2D eigenvalue weighted by molar-refractivity contribution is -0.122. The van der Waals surface area contributed by atoms with Crippen LogP contribution in [0.2, 0.25) is 0 Å². The first-order chi connectivity index (χ1) is 11.9. The van der Waals surface area contributed by atoms with E-state index >= 15 is 0 Å². The number of aryl methyl sites for hydroxylation is 1. The number of likely N-dealkylation sites (N-methyl/N-ethyl adjacent to an activating group) is 1. The molecule has 132 valence electrons. The highest BCUT2D eigenvalue weighted by atomic mass is 16.2. The van der Waals surface area contributed by atoms with Crippen LogP contribution < -0.4 is 16.0 Å². The third kappa shape index (κ3) is 4.59. The van der Waals surface area contributed by atoms with Gasteiger partial charge in [0.15, 0.2) is 0 Å². The van der Waals surface area contributed by atoms with Gasteiger partial charge in [0, 0.05) is 12.2 Å². The van der Waals surface area contributed by atoms with Crippen LogP contribution in [-0.4, -0.2) is 24.4 Å². The molecule has 0 aromatic heterocycles. The third-order valence-electron chi connectivity index (χ3n) is 4.14. The molecule has 0 spiro atoms. The molecule has 25 heavy (non-hydrogen) atoms. The van der Waals surface area contributed by atoms with E-state index in [2.05, 4.69) is 16.0 Å². The Hall–Kier alpha value is -2.82. The highest BCUT2D eigenvalue weighted by Crippen LogP contribution is 2.25. The standard InChI is InChI=1S/C20H25N3O2/c1-5-21-19(24)15(4)22-20(25)16-10-6-7-11-18(16)23-17-12-8-9-13(2)14(17)3/h6-12,15,23H,5H2,1-4H3,(H,21,24)(H,22,25)/t15-/m1/s1. The molecule has 0 saturated carbocycles. The molecule has 5 nitrogen and oxygen atoms in total. The van der Waals surface area contributed by atoms with Crippen LogP contribution in [0.25, 0.3) is 0 Å². The van der Waals surface area contributed by atoms with Crippen LogP contribution in [0.15, 0.2) is 42.5 Å². The van der Waals surface area contributed by atoms with E-state index in [1.165, 1.54) is 5.56 Å². The van der Waals surface area contributed by atoms with Crippen molar-refractivity contribution in [1.82, 2.24) is 10.6 Å². The van der Waals surface area contributed by atoms with Gasteiger partial charge in [-0.15, -0.1) is 0 Å². The smallest absolute Gasteiger partial charge is 0.254 e. The van der Waals surface area contributed by atoms with Crippen molar-refractivity contribution in [3.05, 3.63) is 59.2 Å². The topological polar surface area (TPSA) is 70.2 Å². The van der Waals surface area contributed by atoms with Gasteiger partial charge in [0.2, 0.25) is 5.91 Å². The minimum atomic E-state index is -0.596. The van der Waals surface area contributed by atoms with E-state index in [1.54, 1.807) is 19.1 Å². The Bertz CT molecular complexity index is 771. The van der Waals surface area contributed by atoms with Crippen molar-refractivity contribution < 1.29 is 9.59 Å². The molecule has 2 aromatic carbocycles. The molecule has 0 bridgehead atoms. The molecule has 2 amide bonds. The summed E-state index contributed by atoms with van der Waals surface area (Å²) in [6.45, 7) is 8.13. The molecular weight excluding hydrogens is 314 g/mol. The Morgan fingerprint density at radius 1 is 1.00 bits per heavy atom. The zero-order valence-electron chi connectivity index (χ0n) is 15.1. The Morgan fingerprint density at radius 2 is 1.68 bits per heavy atom. The van der Waals surface area contributed by atoms with Crippen LogP contribution in [0.4, 0.5) is 11.4 Å². The number of benzene rings is 2. The normalized spacial score (nSPS) is 11.5. The van der Waals surface area contributed by atoms with Gasteiger partial charge in [0.25, 0.3) is 5.91 Å². The maximum Gasteiger partial charge on any atom is 0.254 e. The minimum Gasteiger partial charge on any atom is -0.355 e. The Kier molecular flexibility index (Phi) is 6.17. The van der Waals surface area contributed by atoms with E-state index in [0.29, 0.717) is 17.8 Å². The van der Waals surface area contributed by atoms with Gasteiger partial charge in [0.1, 0.15) is 6.04 Å². The highest BCUT2D eigenvalue weighted by molar-refractivity contribution is 6.02. The van der Waals surface area contributed by atoms with E-state index < -0.39 is 6.04 Å². The van der Waals surface area contributed by atoms with Gasteiger partial charge in [-0.3, -0.25) is 9.59 Å². The maximum absolute atomic E-state index is 12.6. The van der Waals surface area contributed by atoms with Crippen LogP contribution >= 0.6 is 0 Å². The summed E-state index contributed by atoms with van der Waals surface area (Å²) in [7, 11) is 0. The average molecular weight is 339 g/mol. The number of rotatable bonds is 6. The molecular formula is C20H25N3O2. The summed E-state index contributed by atoms with van der Waals surface area (Å²) in [5.41, 5.74) is 4.47. The molecule has 3 N–H and O–H groups in total. The van der Waals surface area contributed by atoms with Crippen LogP contribution in [0, 0.1) is 13.8 Å². The highest BCUT2D eigenvalue weighted by Gasteiger charge is 2.18. The zero-order chi connectivity index (χ0) is 18.4. The van der Waals surface area contributed by atoms with Crippen LogP contribution in [0.5, 0.6) is 0 Å². The summed E-state index contributed by atoms with van der Waals surface area (Å²) in [5, 5.41) is 8.77. The first kappa shape index (κ1) is 18.5. The fourth-order valence-corrected chi connectivity index (χ4v) is 2.49.